The van der Waals surface area contributed by atoms with Crippen LogP contribution in [-0.4, -0.2) is 32.0 Å². The third-order valence-corrected chi connectivity index (χ3v) is 12.7. The van der Waals surface area contributed by atoms with Crippen molar-refractivity contribution in [2.75, 3.05) is 7.11 Å². The van der Waals surface area contributed by atoms with E-state index in [4.69, 9.17) is 9.72 Å². The monoisotopic (exact) mass is 560 g/mol. The zero-order valence-corrected chi connectivity index (χ0v) is 24.8. The molecule has 0 spiro atoms. The predicted octanol–water partition coefficient (Wildman–Crippen LogP) is 4.86. The second-order valence-electron chi connectivity index (χ2n) is 10.5. The molecule has 6 aromatic rings. The van der Waals surface area contributed by atoms with Crippen molar-refractivity contribution in [3.05, 3.63) is 169 Å². The van der Waals surface area contributed by atoms with Gasteiger partial charge in [0.05, 0.1) is 12.8 Å². The largest absolute Gasteiger partial charge is 0.497 e. The van der Waals surface area contributed by atoms with Crippen LogP contribution >= 0.6 is 0 Å². The summed E-state index contributed by atoms with van der Waals surface area (Å²) in [6, 6.07) is 51.9. The molecule has 0 aliphatic rings. The van der Waals surface area contributed by atoms with Crippen molar-refractivity contribution in [1.82, 2.24) is 9.55 Å². The maximum absolute atomic E-state index is 5.55. The third-order valence-electron chi connectivity index (χ3n) is 7.96. The first kappa shape index (κ1) is 27.3. The zero-order chi connectivity index (χ0) is 28.6. The molecule has 5 aromatic carbocycles. The first-order valence-corrected chi connectivity index (χ1v) is 16.5. The smallest absolute Gasteiger partial charge is 0.239 e. The minimum atomic E-state index is -2.55. The maximum atomic E-state index is 5.55. The Bertz CT molecular complexity index is 1700. The lowest BCUT2D eigenvalue weighted by molar-refractivity contribution is 0.415. The van der Waals surface area contributed by atoms with Gasteiger partial charge < -0.3 is 9.30 Å². The van der Waals surface area contributed by atoms with Gasteiger partial charge in [0, 0.05) is 18.6 Å². The van der Waals surface area contributed by atoms with Crippen LogP contribution in [0.15, 0.2) is 158 Å². The molecule has 0 fully saturated rings. The minimum Gasteiger partial charge on any atom is -0.497 e. The normalized spacial score (nSPS) is 11.7. The van der Waals surface area contributed by atoms with E-state index in [-0.39, 0.29) is 0 Å². The summed E-state index contributed by atoms with van der Waals surface area (Å²) in [5.41, 5.74) is 4.69. The van der Waals surface area contributed by atoms with E-state index in [9.17, 15) is 0 Å². The van der Waals surface area contributed by atoms with Crippen molar-refractivity contribution >= 4 is 48.2 Å². The van der Waals surface area contributed by atoms with E-state index in [1.165, 1.54) is 32.2 Å². The Morgan fingerprint density at radius 1 is 0.690 bits per heavy atom. The molecule has 0 saturated carbocycles. The maximum Gasteiger partial charge on any atom is 0.239 e. The van der Waals surface area contributed by atoms with Gasteiger partial charge in [-0.25, -0.2) is 0 Å². The number of ether oxygens (including phenoxy) is 1. The molecule has 0 N–H and O–H groups in total. The molecule has 0 unspecified atom stereocenters. The van der Waals surface area contributed by atoms with E-state index >= 15 is 0 Å². The van der Waals surface area contributed by atoms with Gasteiger partial charge in [0.2, 0.25) is 7.28 Å². The highest BCUT2D eigenvalue weighted by Gasteiger charge is 2.40. The summed E-state index contributed by atoms with van der Waals surface area (Å²) in [5, 5.41) is 4.07. The first-order valence-electron chi connectivity index (χ1n) is 14.3. The fourth-order valence-electron chi connectivity index (χ4n) is 5.81. The fourth-order valence-corrected chi connectivity index (χ4v) is 10.4. The number of rotatable bonds is 10. The van der Waals surface area contributed by atoms with Crippen LogP contribution < -0.4 is 26.0 Å². The molecule has 0 radical (unpaired) electrons. The molecule has 42 heavy (non-hydrogen) atoms. The summed E-state index contributed by atoms with van der Waals surface area (Å²) in [6.45, 7) is 0. The Kier molecular flexibility index (Phi) is 8.29. The fraction of sp³-hybridized carbons (Fsp3) is 0.0541. The summed E-state index contributed by atoms with van der Waals surface area (Å²) in [5.74, 6) is 0.865. The average Bonchev–Trinajstić information content (AvgIpc) is 3.51. The first-order chi connectivity index (χ1) is 20.8. The topological polar surface area (TPSA) is 27.1 Å². The standard InChI is InChI=1S/C37H33BN2OSi/c1-41-32-22-24-35(25-23-32)42(33-18-10-4-11-19-33,34-20-12-5-13-21-34)29-40-27-26-39-37(40)38-36(31-16-8-3-9-17-31)28-30-14-6-2-7-15-30/h2-28,38H,29H2,1H3. The molecular weight excluding hydrogens is 527 g/mol. The molecule has 0 bridgehead atoms. The van der Waals surface area contributed by atoms with Crippen molar-refractivity contribution in [2.24, 2.45) is 0 Å². The molecule has 1 aromatic heterocycles. The lowest BCUT2D eigenvalue weighted by Crippen LogP contribution is -2.70. The van der Waals surface area contributed by atoms with Crippen LogP contribution in [0.1, 0.15) is 11.1 Å². The Hall–Kier alpha value is -4.87. The second-order valence-corrected chi connectivity index (χ2v) is 14.3. The van der Waals surface area contributed by atoms with Gasteiger partial charge in [0.15, 0.2) is 8.07 Å². The predicted molar refractivity (Wildman–Crippen MR) is 180 cm³/mol. The summed E-state index contributed by atoms with van der Waals surface area (Å²) in [7, 11) is -0.106. The molecule has 6 rings (SSSR count). The summed E-state index contributed by atoms with van der Waals surface area (Å²) < 4.78 is 7.93. The lowest BCUT2D eigenvalue weighted by atomic mass is 9.65. The molecule has 5 heteroatoms. The van der Waals surface area contributed by atoms with Crippen LogP contribution in [0.2, 0.25) is 0 Å². The van der Waals surface area contributed by atoms with E-state index in [1.807, 2.05) is 6.20 Å². The van der Waals surface area contributed by atoms with Gasteiger partial charge in [0.1, 0.15) is 5.75 Å². The van der Waals surface area contributed by atoms with Crippen LogP contribution in [0, 0.1) is 0 Å². The number of benzene rings is 5. The van der Waals surface area contributed by atoms with Crippen LogP contribution in [0.25, 0.3) is 11.5 Å². The SMILES string of the molecule is COc1ccc([Si](Cn2ccnc2BC(=Cc2ccccc2)c2ccccc2)(c2ccccc2)c2ccccc2)cc1. The van der Waals surface area contributed by atoms with Gasteiger partial charge in [-0.05, 0) is 38.8 Å². The number of imidazole rings is 1. The number of methoxy groups -OCH3 is 1. The lowest BCUT2D eigenvalue weighted by Gasteiger charge is -2.34. The average molecular weight is 561 g/mol. The van der Waals surface area contributed by atoms with Gasteiger partial charge in [-0.2, -0.15) is 0 Å². The van der Waals surface area contributed by atoms with Crippen molar-refractivity contribution in [2.45, 2.75) is 6.17 Å². The number of hydrogen-bond donors (Lipinski definition) is 0. The Balaban J connectivity index is 1.48. The number of aromatic nitrogens is 2. The molecule has 0 amide bonds. The summed E-state index contributed by atoms with van der Waals surface area (Å²) >= 11 is 0. The highest BCUT2D eigenvalue weighted by Crippen LogP contribution is 2.18. The van der Waals surface area contributed by atoms with Crippen LogP contribution in [-0.2, 0) is 6.17 Å². The Labute approximate surface area is 250 Å². The molecule has 0 saturated heterocycles. The van der Waals surface area contributed by atoms with Crippen molar-refractivity contribution in [3.63, 3.8) is 0 Å². The molecule has 3 nitrogen and oxygen atoms in total. The molecule has 0 aliphatic heterocycles. The van der Waals surface area contributed by atoms with E-state index in [0.717, 1.165) is 24.9 Å². The zero-order valence-electron chi connectivity index (χ0n) is 23.8. The number of nitrogens with zero attached hydrogens (tertiary/aromatic N) is 2. The van der Waals surface area contributed by atoms with Gasteiger partial charge >= 0.3 is 0 Å². The van der Waals surface area contributed by atoms with Gasteiger partial charge in [0.25, 0.3) is 0 Å². The van der Waals surface area contributed by atoms with Crippen LogP contribution in [0.3, 0.4) is 0 Å². The molecule has 1 heterocycles. The third kappa shape index (κ3) is 5.78. The van der Waals surface area contributed by atoms with Gasteiger partial charge in [-0.3, -0.25) is 4.98 Å². The van der Waals surface area contributed by atoms with Gasteiger partial charge in [-0.1, -0.05) is 145 Å². The van der Waals surface area contributed by atoms with Crippen molar-refractivity contribution in [3.8, 4) is 5.75 Å². The summed E-state index contributed by atoms with van der Waals surface area (Å²) in [4.78, 5) is 4.94. The van der Waals surface area contributed by atoms with E-state index < -0.39 is 8.07 Å². The summed E-state index contributed by atoms with van der Waals surface area (Å²) in [6.07, 6.45) is 7.22. The molecule has 204 valence electrons. The molecule has 0 atom stereocenters. The minimum absolute atomic E-state index is 0.725. The quantitative estimate of drug-likeness (QED) is 0.136. The second kappa shape index (κ2) is 12.8. The number of hydrogen-bond acceptors (Lipinski definition) is 2. The van der Waals surface area contributed by atoms with E-state index in [2.05, 4.69) is 162 Å². The highest BCUT2D eigenvalue weighted by atomic mass is 28.3. The molecular formula is C37H33BN2OSi. The van der Waals surface area contributed by atoms with Crippen molar-refractivity contribution < 1.29 is 4.74 Å². The highest BCUT2D eigenvalue weighted by molar-refractivity contribution is 7.10. The van der Waals surface area contributed by atoms with E-state index in [1.54, 1.807) is 7.11 Å². The van der Waals surface area contributed by atoms with Crippen LogP contribution in [0.4, 0.5) is 0 Å². The Morgan fingerprint density at radius 2 is 1.21 bits per heavy atom. The van der Waals surface area contributed by atoms with Crippen LogP contribution in [0.5, 0.6) is 5.75 Å². The van der Waals surface area contributed by atoms with Gasteiger partial charge in [-0.15, -0.1) is 0 Å². The van der Waals surface area contributed by atoms with Crippen molar-refractivity contribution in [1.29, 1.82) is 0 Å². The Morgan fingerprint density at radius 3 is 1.79 bits per heavy atom. The molecule has 0 aliphatic carbocycles. The van der Waals surface area contributed by atoms with E-state index in [0.29, 0.717) is 0 Å².